The SMILES string of the molecule is COc1ccc(N(CC(=O)N/N=C\c2ccc(OC(C)C)cc2)S(=O)(=O)c2ccccc2)cc1OC. The number of hydrogen-bond donors (Lipinski definition) is 1. The minimum Gasteiger partial charge on any atom is -0.493 e. The van der Waals surface area contributed by atoms with Crippen LogP contribution >= 0.6 is 0 Å². The number of amides is 1. The first-order valence-corrected chi connectivity index (χ1v) is 12.6. The Morgan fingerprint density at radius 1 is 0.972 bits per heavy atom. The number of ether oxygens (including phenoxy) is 3. The lowest BCUT2D eigenvalue weighted by molar-refractivity contribution is -0.119. The van der Waals surface area contributed by atoms with Gasteiger partial charge in [0, 0.05) is 6.07 Å². The molecule has 3 aromatic rings. The fraction of sp³-hybridized carbons (Fsp3) is 0.231. The van der Waals surface area contributed by atoms with Gasteiger partial charge in [0.1, 0.15) is 12.3 Å². The van der Waals surface area contributed by atoms with Gasteiger partial charge in [-0.3, -0.25) is 9.10 Å². The van der Waals surface area contributed by atoms with E-state index in [2.05, 4.69) is 10.5 Å². The van der Waals surface area contributed by atoms with Crippen LogP contribution in [0.25, 0.3) is 0 Å². The standard InChI is InChI=1S/C26H29N3O6S/c1-19(2)35-22-13-10-20(11-14-22)17-27-28-26(30)18-29(36(31,32)23-8-6-5-7-9-23)21-12-15-24(33-3)25(16-21)34-4/h5-17,19H,18H2,1-4H3,(H,28,30)/b27-17-. The van der Waals surface area contributed by atoms with Crippen molar-refractivity contribution in [2.24, 2.45) is 5.10 Å². The first-order valence-electron chi connectivity index (χ1n) is 11.1. The van der Waals surface area contributed by atoms with Crippen molar-refractivity contribution < 1.29 is 27.4 Å². The lowest BCUT2D eigenvalue weighted by atomic mass is 10.2. The van der Waals surface area contributed by atoms with Crippen LogP contribution in [0.15, 0.2) is 82.8 Å². The minimum atomic E-state index is -4.08. The molecule has 36 heavy (non-hydrogen) atoms. The Hall–Kier alpha value is -4.05. The van der Waals surface area contributed by atoms with Gasteiger partial charge >= 0.3 is 0 Å². The van der Waals surface area contributed by atoms with Crippen molar-refractivity contribution in [3.8, 4) is 17.2 Å². The number of hydrazone groups is 1. The van der Waals surface area contributed by atoms with Crippen LogP contribution in [-0.2, 0) is 14.8 Å². The summed E-state index contributed by atoms with van der Waals surface area (Å²) in [6, 6.07) is 19.7. The Kier molecular flexibility index (Phi) is 8.91. The molecular formula is C26H29N3O6S. The van der Waals surface area contributed by atoms with E-state index >= 15 is 0 Å². The average molecular weight is 512 g/mol. The zero-order chi connectivity index (χ0) is 26.1. The van der Waals surface area contributed by atoms with Crippen molar-refractivity contribution in [3.05, 3.63) is 78.4 Å². The molecule has 0 bridgehead atoms. The molecule has 1 N–H and O–H groups in total. The summed E-state index contributed by atoms with van der Waals surface area (Å²) in [4.78, 5) is 12.8. The second-order valence-electron chi connectivity index (χ2n) is 7.89. The Balaban J connectivity index is 1.81. The number of sulfonamides is 1. The largest absolute Gasteiger partial charge is 0.493 e. The predicted octanol–water partition coefficient (Wildman–Crippen LogP) is 3.84. The molecule has 0 atom stereocenters. The number of anilines is 1. The van der Waals surface area contributed by atoms with Gasteiger partial charge in [0.15, 0.2) is 11.5 Å². The molecule has 0 aliphatic rings. The second kappa shape index (κ2) is 12.1. The number of nitrogens with one attached hydrogen (secondary N) is 1. The quantitative estimate of drug-likeness (QED) is 0.310. The number of hydrogen-bond acceptors (Lipinski definition) is 7. The van der Waals surface area contributed by atoms with Crippen molar-refractivity contribution in [1.29, 1.82) is 0 Å². The molecule has 0 aliphatic carbocycles. The smallest absolute Gasteiger partial charge is 0.264 e. The number of nitrogens with zero attached hydrogens (tertiary/aromatic N) is 2. The summed E-state index contributed by atoms with van der Waals surface area (Å²) in [7, 11) is -1.15. The van der Waals surface area contributed by atoms with Gasteiger partial charge in [0.05, 0.1) is 37.1 Å². The first-order chi connectivity index (χ1) is 17.2. The van der Waals surface area contributed by atoms with E-state index in [9.17, 15) is 13.2 Å². The number of benzene rings is 3. The summed E-state index contributed by atoms with van der Waals surface area (Å²) < 4.78 is 44.1. The van der Waals surface area contributed by atoms with Gasteiger partial charge in [-0.2, -0.15) is 5.10 Å². The van der Waals surface area contributed by atoms with Gasteiger partial charge in [0.25, 0.3) is 15.9 Å². The van der Waals surface area contributed by atoms with Crippen LogP contribution in [0.2, 0.25) is 0 Å². The first kappa shape index (κ1) is 26.6. The number of carbonyl (C=O) groups excluding carboxylic acids is 1. The Labute approximate surface area is 211 Å². The molecular weight excluding hydrogens is 482 g/mol. The predicted molar refractivity (Wildman–Crippen MR) is 138 cm³/mol. The van der Waals surface area contributed by atoms with Crippen LogP contribution in [-0.4, -0.2) is 47.4 Å². The van der Waals surface area contributed by atoms with Crippen LogP contribution < -0.4 is 23.9 Å². The highest BCUT2D eigenvalue weighted by Gasteiger charge is 2.28. The van der Waals surface area contributed by atoms with Crippen LogP contribution in [0, 0.1) is 0 Å². The maximum atomic E-state index is 13.4. The van der Waals surface area contributed by atoms with Crippen molar-refractivity contribution in [2.75, 3.05) is 25.1 Å². The summed E-state index contributed by atoms with van der Waals surface area (Å²) >= 11 is 0. The number of carbonyl (C=O) groups is 1. The van der Waals surface area contributed by atoms with E-state index in [1.807, 2.05) is 13.8 Å². The molecule has 3 rings (SSSR count). The Bertz CT molecular complexity index is 1290. The molecule has 10 heteroatoms. The molecule has 0 heterocycles. The van der Waals surface area contributed by atoms with Crippen molar-refractivity contribution in [3.63, 3.8) is 0 Å². The topological polar surface area (TPSA) is 107 Å². The molecule has 0 spiro atoms. The van der Waals surface area contributed by atoms with Crippen LogP contribution in [0.1, 0.15) is 19.4 Å². The van der Waals surface area contributed by atoms with Crippen molar-refractivity contribution in [2.45, 2.75) is 24.8 Å². The number of methoxy groups -OCH3 is 2. The number of rotatable bonds is 11. The summed E-state index contributed by atoms with van der Waals surface area (Å²) in [6.07, 6.45) is 1.52. The zero-order valence-corrected chi connectivity index (χ0v) is 21.4. The van der Waals surface area contributed by atoms with E-state index < -0.39 is 22.5 Å². The van der Waals surface area contributed by atoms with Gasteiger partial charge in [-0.1, -0.05) is 18.2 Å². The average Bonchev–Trinajstić information content (AvgIpc) is 2.88. The van der Waals surface area contributed by atoms with E-state index in [0.717, 1.165) is 15.6 Å². The fourth-order valence-electron chi connectivity index (χ4n) is 3.26. The normalized spacial score (nSPS) is 11.4. The fourth-order valence-corrected chi connectivity index (χ4v) is 4.70. The van der Waals surface area contributed by atoms with Crippen molar-refractivity contribution >= 4 is 27.8 Å². The van der Waals surface area contributed by atoms with E-state index in [-0.39, 0.29) is 16.7 Å². The lowest BCUT2D eigenvalue weighted by Crippen LogP contribution is -2.39. The van der Waals surface area contributed by atoms with E-state index in [0.29, 0.717) is 11.5 Å². The third-order valence-corrected chi connectivity index (χ3v) is 6.72. The highest BCUT2D eigenvalue weighted by Crippen LogP contribution is 2.33. The molecule has 1 amide bonds. The Morgan fingerprint density at radius 2 is 1.64 bits per heavy atom. The second-order valence-corrected chi connectivity index (χ2v) is 9.76. The molecule has 9 nitrogen and oxygen atoms in total. The van der Waals surface area contributed by atoms with E-state index in [1.165, 1.54) is 38.6 Å². The monoisotopic (exact) mass is 511 g/mol. The van der Waals surface area contributed by atoms with Gasteiger partial charge in [-0.25, -0.2) is 13.8 Å². The molecule has 0 saturated heterocycles. The summed E-state index contributed by atoms with van der Waals surface area (Å²) in [5.74, 6) is 0.854. The maximum Gasteiger partial charge on any atom is 0.264 e. The molecule has 0 aliphatic heterocycles. The minimum absolute atomic E-state index is 0.0415. The maximum absolute atomic E-state index is 13.4. The van der Waals surface area contributed by atoms with Crippen LogP contribution in [0.5, 0.6) is 17.2 Å². The van der Waals surface area contributed by atoms with Gasteiger partial charge < -0.3 is 14.2 Å². The summed E-state index contributed by atoms with van der Waals surface area (Å²) in [5.41, 5.74) is 3.36. The molecule has 190 valence electrons. The van der Waals surface area contributed by atoms with Gasteiger partial charge in [-0.15, -0.1) is 0 Å². The van der Waals surface area contributed by atoms with Gasteiger partial charge in [-0.05, 0) is 67.9 Å². The third kappa shape index (κ3) is 6.76. The molecule has 0 fully saturated rings. The lowest BCUT2D eigenvalue weighted by Gasteiger charge is -2.24. The Morgan fingerprint density at radius 3 is 2.25 bits per heavy atom. The molecule has 3 aromatic carbocycles. The molecule has 0 radical (unpaired) electrons. The van der Waals surface area contributed by atoms with Crippen molar-refractivity contribution in [1.82, 2.24) is 5.43 Å². The summed E-state index contributed by atoms with van der Waals surface area (Å²) in [5, 5.41) is 3.96. The van der Waals surface area contributed by atoms with E-state index in [1.54, 1.807) is 54.6 Å². The third-order valence-electron chi connectivity index (χ3n) is 4.93. The van der Waals surface area contributed by atoms with E-state index in [4.69, 9.17) is 14.2 Å². The van der Waals surface area contributed by atoms with Crippen LogP contribution in [0.3, 0.4) is 0 Å². The highest BCUT2D eigenvalue weighted by molar-refractivity contribution is 7.92. The van der Waals surface area contributed by atoms with Crippen LogP contribution in [0.4, 0.5) is 5.69 Å². The summed E-state index contributed by atoms with van der Waals surface area (Å²) in [6.45, 7) is 3.37. The molecule has 0 unspecified atom stereocenters. The van der Waals surface area contributed by atoms with Gasteiger partial charge in [0.2, 0.25) is 0 Å². The highest BCUT2D eigenvalue weighted by atomic mass is 32.2. The molecule has 0 aromatic heterocycles. The molecule has 0 saturated carbocycles. The zero-order valence-electron chi connectivity index (χ0n) is 20.5.